The SMILES string of the molecule is O=C(CCN1CCC(O)C1)NCC(CCCN1CCC(O)(c2ccc(Cl)cc2)CC1)(c1ccccc1)C1CC=CCC1. The highest BCUT2D eigenvalue weighted by atomic mass is 35.5. The summed E-state index contributed by atoms with van der Waals surface area (Å²) in [6.07, 6.45) is 12.4. The average Bonchev–Trinajstić information content (AvgIpc) is 3.45. The molecule has 228 valence electrons. The van der Waals surface area contributed by atoms with Crippen LogP contribution in [0.4, 0.5) is 0 Å². The minimum absolute atomic E-state index is 0.0977. The van der Waals surface area contributed by atoms with Gasteiger partial charge in [0, 0.05) is 56.1 Å². The third-order valence-electron chi connectivity index (χ3n) is 10.1. The first-order valence-corrected chi connectivity index (χ1v) is 16.3. The Morgan fingerprint density at radius 3 is 2.40 bits per heavy atom. The predicted octanol–water partition coefficient (Wildman–Crippen LogP) is 5.27. The van der Waals surface area contributed by atoms with E-state index >= 15 is 0 Å². The molecule has 3 atom stereocenters. The van der Waals surface area contributed by atoms with Gasteiger partial charge in [0.25, 0.3) is 0 Å². The van der Waals surface area contributed by atoms with Crippen molar-refractivity contribution < 1.29 is 15.0 Å². The van der Waals surface area contributed by atoms with Crippen molar-refractivity contribution in [3.8, 4) is 0 Å². The lowest BCUT2D eigenvalue weighted by molar-refractivity contribution is -0.121. The lowest BCUT2D eigenvalue weighted by Gasteiger charge is -2.44. The van der Waals surface area contributed by atoms with Crippen molar-refractivity contribution in [2.24, 2.45) is 5.92 Å². The van der Waals surface area contributed by atoms with E-state index in [0.29, 0.717) is 37.0 Å². The summed E-state index contributed by atoms with van der Waals surface area (Å²) >= 11 is 6.07. The minimum atomic E-state index is -0.791. The van der Waals surface area contributed by atoms with E-state index in [1.807, 2.05) is 24.3 Å². The number of piperidine rings is 1. The highest BCUT2D eigenvalue weighted by Crippen LogP contribution is 2.43. The fraction of sp³-hybridized carbons (Fsp3) is 0.571. The van der Waals surface area contributed by atoms with Crippen LogP contribution in [0.5, 0.6) is 0 Å². The van der Waals surface area contributed by atoms with Crippen molar-refractivity contribution in [2.45, 2.75) is 74.9 Å². The van der Waals surface area contributed by atoms with Gasteiger partial charge in [-0.25, -0.2) is 0 Å². The number of aliphatic hydroxyl groups excluding tert-OH is 1. The van der Waals surface area contributed by atoms with Gasteiger partial charge in [-0.3, -0.25) is 4.79 Å². The lowest BCUT2D eigenvalue weighted by atomic mass is 9.63. The predicted molar refractivity (Wildman–Crippen MR) is 170 cm³/mol. The van der Waals surface area contributed by atoms with Crippen LogP contribution in [-0.2, 0) is 15.8 Å². The molecule has 5 rings (SSSR count). The molecule has 6 nitrogen and oxygen atoms in total. The van der Waals surface area contributed by atoms with E-state index in [-0.39, 0.29) is 17.4 Å². The Morgan fingerprint density at radius 2 is 1.74 bits per heavy atom. The van der Waals surface area contributed by atoms with Crippen LogP contribution >= 0.6 is 11.6 Å². The normalized spacial score (nSPS) is 24.4. The number of rotatable bonds is 12. The number of nitrogens with one attached hydrogen (secondary N) is 1. The van der Waals surface area contributed by atoms with Crippen LogP contribution in [0.15, 0.2) is 66.7 Å². The summed E-state index contributed by atoms with van der Waals surface area (Å²) in [5.74, 6) is 0.566. The summed E-state index contributed by atoms with van der Waals surface area (Å²) in [6, 6.07) is 18.5. The minimum Gasteiger partial charge on any atom is -0.392 e. The molecule has 42 heavy (non-hydrogen) atoms. The van der Waals surface area contributed by atoms with Crippen molar-refractivity contribution in [3.63, 3.8) is 0 Å². The molecule has 1 aliphatic carbocycles. The highest BCUT2D eigenvalue weighted by Gasteiger charge is 2.40. The number of benzene rings is 2. The number of likely N-dealkylation sites (tertiary alicyclic amines) is 2. The zero-order valence-electron chi connectivity index (χ0n) is 24.9. The first-order valence-electron chi connectivity index (χ1n) is 15.9. The van der Waals surface area contributed by atoms with Gasteiger partial charge in [0.1, 0.15) is 0 Å². The molecule has 2 saturated heterocycles. The quantitative estimate of drug-likeness (QED) is 0.292. The molecule has 3 aliphatic rings. The second-order valence-electron chi connectivity index (χ2n) is 12.8. The second kappa shape index (κ2) is 14.5. The molecule has 2 aromatic carbocycles. The number of halogens is 1. The van der Waals surface area contributed by atoms with Gasteiger partial charge in [-0.1, -0.05) is 66.2 Å². The van der Waals surface area contributed by atoms with Crippen LogP contribution in [0.1, 0.15) is 68.9 Å². The lowest BCUT2D eigenvalue weighted by Crippen LogP contribution is -2.48. The number of hydrogen-bond donors (Lipinski definition) is 3. The molecule has 2 fully saturated rings. The number of carbonyl (C=O) groups excluding carboxylic acids is 1. The Labute approximate surface area is 256 Å². The third kappa shape index (κ3) is 7.83. The second-order valence-corrected chi connectivity index (χ2v) is 13.2. The Balaban J connectivity index is 1.23. The maximum atomic E-state index is 13.1. The molecular formula is C35H48ClN3O3. The summed E-state index contributed by atoms with van der Waals surface area (Å²) in [5.41, 5.74) is 1.35. The summed E-state index contributed by atoms with van der Waals surface area (Å²) in [6.45, 7) is 5.60. The molecule has 1 amide bonds. The van der Waals surface area contributed by atoms with Crippen LogP contribution in [0.25, 0.3) is 0 Å². The van der Waals surface area contributed by atoms with Crippen molar-refractivity contribution in [1.82, 2.24) is 15.1 Å². The van der Waals surface area contributed by atoms with E-state index in [0.717, 1.165) is 83.1 Å². The Kier molecular flexibility index (Phi) is 10.8. The molecule has 2 aliphatic heterocycles. The smallest absolute Gasteiger partial charge is 0.221 e. The first-order chi connectivity index (χ1) is 20.4. The number of allylic oxidation sites excluding steroid dienone is 2. The monoisotopic (exact) mass is 593 g/mol. The molecule has 0 saturated carbocycles. The van der Waals surface area contributed by atoms with Crippen molar-refractivity contribution >= 4 is 17.5 Å². The zero-order chi connectivity index (χ0) is 29.4. The van der Waals surface area contributed by atoms with Crippen LogP contribution in [-0.4, -0.2) is 77.8 Å². The largest absolute Gasteiger partial charge is 0.392 e. The number of β-amino-alcohol motifs (C(OH)–C–C–N with tert-alkyl or cyclic N) is 1. The van der Waals surface area contributed by atoms with Crippen LogP contribution in [0.3, 0.4) is 0 Å². The zero-order valence-corrected chi connectivity index (χ0v) is 25.7. The fourth-order valence-electron chi connectivity index (χ4n) is 7.42. The van der Waals surface area contributed by atoms with Gasteiger partial charge in [-0.05, 0) is 87.1 Å². The van der Waals surface area contributed by atoms with Crippen LogP contribution < -0.4 is 5.32 Å². The Bertz CT molecular complexity index is 1170. The van der Waals surface area contributed by atoms with Crippen molar-refractivity contribution in [3.05, 3.63) is 82.9 Å². The van der Waals surface area contributed by atoms with Gasteiger partial charge in [-0.2, -0.15) is 0 Å². The van der Waals surface area contributed by atoms with E-state index in [4.69, 9.17) is 11.6 Å². The summed E-state index contributed by atoms with van der Waals surface area (Å²) in [7, 11) is 0. The standard InChI is InChI=1S/C35H48ClN3O3/c36-31-14-12-30(13-15-31)35(42)19-24-38(25-20-35)21-7-18-34(28-8-3-1-4-9-28,29-10-5-2-6-11-29)27-37-33(41)17-23-39-22-16-32(40)26-39/h1-5,8-9,12-15,29,32,40,42H,6-7,10-11,16-27H2,(H,37,41). The Hall–Kier alpha value is -2.22. The maximum Gasteiger partial charge on any atom is 0.221 e. The van der Waals surface area contributed by atoms with Gasteiger partial charge in [0.15, 0.2) is 0 Å². The Morgan fingerprint density at radius 1 is 0.976 bits per heavy atom. The van der Waals surface area contributed by atoms with Gasteiger partial charge in [-0.15, -0.1) is 0 Å². The number of carbonyl (C=O) groups is 1. The number of hydrogen-bond acceptors (Lipinski definition) is 5. The van der Waals surface area contributed by atoms with E-state index in [1.165, 1.54) is 5.56 Å². The fourth-order valence-corrected chi connectivity index (χ4v) is 7.54. The van der Waals surface area contributed by atoms with Gasteiger partial charge >= 0.3 is 0 Å². The molecule has 2 heterocycles. The van der Waals surface area contributed by atoms with E-state index < -0.39 is 5.60 Å². The summed E-state index contributed by atoms with van der Waals surface area (Å²) in [5, 5.41) is 25.2. The van der Waals surface area contributed by atoms with Crippen molar-refractivity contribution in [2.75, 3.05) is 45.8 Å². The molecule has 0 spiro atoms. The van der Waals surface area contributed by atoms with Gasteiger partial charge in [0.2, 0.25) is 5.91 Å². The topological polar surface area (TPSA) is 76.0 Å². The van der Waals surface area contributed by atoms with Crippen molar-refractivity contribution in [1.29, 1.82) is 0 Å². The number of nitrogens with zero attached hydrogens (tertiary/aromatic N) is 2. The van der Waals surface area contributed by atoms with E-state index in [1.54, 1.807) is 0 Å². The van der Waals surface area contributed by atoms with E-state index in [2.05, 4.69) is 57.6 Å². The number of aliphatic hydroxyl groups is 2. The molecule has 0 aromatic heterocycles. The van der Waals surface area contributed by atoms with E-state index in [9.17, 15) is 15.0 Å². The van der Waals surface area contributed by atoms with Gasteiger partial charge in [0.05, 0.1) is 11.7 Å². The first kappa shape index (κ1) is 31.2. The van der Waals surface area contributed by atoms with Crippen LogP contribution in [0, 0.1) is 5.92 Å². The number of amides is 1. The molecule has 7 heteroatoms. The highest BCUT2D eigenvalue weighted by molar-refractivity contribution is 6.30. The van der Waals surface area contributed by atoms with Gasteiger partial charge < -0.3 is 25.3 Å². The third-order valence-corrected chi connectivity index (χ3v) is 10.3. The molecule has 3 N–H and O–H groups in total. The van der Waals surface area contributed by atoms with Crippen LogP contribution in [0.2, 0.25) is 5.02 Å². The molecular weight excluding hydrogens is 546 g/mol. The molecule has 0 radical (unpaired) electrons. The molecule has 2 aromatic rings. The maximum absolute atomic E-state index is 13.1. The molecule has 0 bridgehead atoms. The summed E-state index contributed by atoms with van der Waals surface area (Å²) in [4.78, 5) is 17.8. The average molecular weight is 594 g/mol. The molecule has 3 unspecified atom stereocenters. The summed E-state index contributed by atoms with van der Waals surface area (Å²) < 4.78 is 0.